The van der Waals surface area contributed by atoms with Crippen LogP contribution in [-0.4, -0.2) is 20.2 Å². The number of aromatic hydroxyl groups is 2. The summed E-state index contributed by atoms with van der Waals surface area (Å²) in [5, 5.41) is 19.2. The van der Waals surface area contributed by atoms with E-state index >= 15 is 0 Å². The summed E-state index contributed by atoms with van der Waals surface area (Å²) in [7, 11) is 0. The lowest BCUT2D eigenvalue weighted by atomic mass is 9.72. The summed E-state index contributed by atoms with van der Waals surface area (Å²) in [4.78, 5) is 9.46. The fourth-order valence-corrected chi connectivity index (χ4v) is 4.90. The first kappa shape index (κ1) is 22.9. The average Bonchev–Trinajstić information content (AvgIpc) is 3.48. The molecule has 4 aromatic carbocycles. The second-order valence-electron chi connectivity index (χ2n) is 10.4. The molecule has 0 saturated carbocycles. The van der Waals surface area contributed by atoms with Crippen molar-refractivity contribution in [3.63, 3.8) is 0 Å². The summed E-state index contributed by atoms with van der Waals surface area (Å²) in [5.41, 5.74) is 6.79. The Kier molecular flexibility index (Phi) is 5.26. The van der Waals surface area contributed by atoms with Gasteiger partial charge in [0.15, 0.2) is 11.2 Å². The lowest BCUT2D eigenvalue weighted by Crippen LogP contribution is -2.19. The van der Waals surface area contributed by atoms with Crippen molar-refractivity contribution in [2.45, 2.75) is 26.7 Å². The van der Waals surface area contributed by atoms with Gasteiger partial charge < -0.3 is 19.0 Å². The highest BCUT2D eigenvalue weighted by atomic mass is 16.4. The summed E-state index contributed by atoms with van der Waals surface area (Å²) in [5.74, 6) is 1.52. The van der Waals surface area contributed by atoms with Gasteiger partial charge in [-0.25, -0.2) is 9.97 Å². The molecule has 0 aliphatic heterocycles. The van der Waals surface area contributed by atoms with Gasteiger partial charge in [-0.15, -0.1) is 0 Å². The zero-order valence-corrected chi connectivity index (χ0v) is 20.8. The largest absolute Gasteiger partial charge is 0.508 e. The van der Waals surface area contributed by atoms with E-state index in [0.717, 1.165) is 33.3 Å². The molecule has 6 heteroatoms. The summed E-state index contributed by atoms with van der Waals surface area (Å²) in [6.07, 6.45) is 0. The molecule has 0 unspecified atom stereocenters. The van der Waals surface area contributed by atoms with Gasteiger partial charge in [-0.2, -0.15) is 0 Å². The van der Waals surface area contributed by atoms with Crippen molar-refractivity contribution in [2.75, 3.05) is 0 Å². The fourth-order valence-electron chi connectivity index (χ4n) is 4.90. The van der Waals surface area contributed by atoms with Gasteiger partial charge in [0.25, 0.3) is 0 Å². The van der Waals surface area contributed by atoms with E-state index in [4.69, 9.17) is 18.8 Å². The molecular weight excluding hydrogens is 464 g/mol. The average molecular weight is 491 g/mol. The number of aromatic nitrogens is 2. The quantitative estimate of drug-likeness (QED) is 0.261. The normalized spacial score (nSPS) is 12.1. The van der Waals surface area contributed by atoms with Crippen LogP contribution in [0.25, 0.3) is 45.1 Å². The van der Waals surface area contributed by atoms with Crippen LogP contribution in [0.4, 0.5) is 0 Å². The second-order valence-corrected chi connectivity index (χ2v) is 10.4. The van der Waals surface area contributed by atoms with Crippen molar-refractivity contribution >= 4 is 22.2 Å². The third kappa shape index (κ3) is 4.31. The van der Waals surface area contributed by atoms with E-state index in [1.54, 1.807) is 48.5 Å². The standard InChI is InChI=1S/C31H26N2O4/c1-31(2,3)28(20-8-14-26-24(16-20)32-29(36-26)18-4-10-22(34)11-5-18)21-9-15-27-25(17-21)33-30(37-27)19-6-12-23(35)13-7-19/h4-17,28,34-35H,1-3H3. The Morgan fingerprint density at radius 1 is 0.595 bits per heavy atom. The van der Waals surface area contributed by atoms with E-state index < -0.39 is 0 Å². The minimum Gasteiger partial charge on any atom is -0.508 e. The predicted molar refractivity (Wildman–Crippen MR) is 144 cm³/mol. The lowest BCUT2D eigenvalue weighted by Gasteiger charge is -2.31. The van der Waals surface area contributed by atoms with Crippen molar-refractivity contribution in [1.29, 1.82) is 0 Å². The molecule has 2 aromatic heterocycles. The van der Waals surface area contributed by atoms with Crippen LogP contribution >= 0.6 is 0 Å². The maximum atomic E-state index is 9.59. The molecule has 0 atom stereocenters. The first-order chi connectivity index (χ1) is 17.7. The number of nitrogens with zero attached hydrogens (tertiary/aromatic N) is 2. The molecule has 37 heavy (non-hydrogen) atoms. The molecule has 0 bridgehead atoms. The van der Waals surface area contributed by atoms with E-state index in [-0.39, 0.29) is 22.8 Å². The molecule has 0 spiro atoms. The Labute approximate surface area is 213 Å². The van der Waals surface area contributed by atoms with Crippen molar-refractivity contribution in [1.82, 2.24) is 9.97 Å². The summed E-state index contributed by atoms with van der Waals surface area (Å²) in [6.45, 7) is 6.67. The Morgan fingerprint density at radius 3 is 1.38 bits per heavy atom. The van der Waals surface area contributed by atoms with Gasteiger partial charge >= 0.3 is 0 Å². The molecule has 0 fully saturated rings. The van der Waals surface area contributed by atoms with Crippen LogP contribution in [0.5, 0.6) is 11.5 Å². The molecule has 2 N–H and O–H groups in total. The van der Waals surface area contributed by atoms with Gasteiger partial charge in [0.2, 0.25) is 11.8 Å². The van der Waals surface area contributed by atoms with Gasteiger partial charge in [-0.05, 0) is 89.3 Å². The van der Waals surface area contributed by atoms with Crippen LogP contribution in [0.2, 0.25) is 0 Å². The van der Waals surface area contributed by atoms with Gasteiger partial charge in [-0.3, -0.25) is 0 Å². The molecule has 0 amide bonds. The number of rotatable bonds is 4. The van der Waals surface area contributed by atoms with Crippen LogP contribution < -0.4 is 0 Å². The third-order valence-electron chi connectivity index (χ3n) is 6.58. The smallest absolute Gasteiger partial charge is 0.227 e. The molecule has 6 nitrogen and oxygen atoms in total. The number of oxazole rings is 2. The molecule has 2 heterocycles. The number of benzene rings is 4. The van der Waals surface area contributed by atoms with E-state index in [1.165, 1.54) is 0 Å². The third-order valence-corrected chi connectivity index (χ3v) is 6.58. The van der Waals surface area contributed by atoms with Crippen LogP contribution in [0.1, 0.15) is 37.8 Å². The number of hydrogen-bond acceptors (Lipinski definition) is 6. The SMILES string of the molecule is CC(C)(C)C(c1ccc2oc(-c3ccc(O)cc3)nc2c1)c1ccc2oc(-c3ccc(O)cc3)nc2c1. The molecule has 6 rings (SSSR count). The van der Waals surface area contributed by atoms with Gasteiger partial charge in [0, 0.05) is 17.0 Å². The Balaban J connectivity index is 1.40. The van der Waals surface area contributed by atoms with Crippen molar-refractivity contribution in [2.24, 2.45) is 5.41 Å². The predicted octanol–water partition coefficient (Wildman–Crippen LogP) is 7.89. The number of hydrogen-bond donors (Lipinski definition) is 2. The topological polar surface area (TPSA) is 92.5 Å². The zero-order chi connectivity index (χ0) is 25.7. The number of phenolic OH excluding ortho intramolecular Hbond substituents is 2. The highest BCUT2D eigenvalue weighted by Gasteiger charge is 2.29. The Bertz CT molecular complexity index is 1600. The maximum Gasteiger partial charge on any atom is 0.227 e. The van der Waals surface area contributed by atoms with Crippen LogP contribution in [0.15, 0.2) is 93.8 Å². The molecule has 0 aliphatic rings. The van der Waals surface area contributed by atoms with Crippen molar-refractivity contribution < 1.29 is 19.0 Å². The molecule has 6 aromatic rings. The monoisotopic (exact) mass is 490 g/mol. The minimum atomic E-state index is -0.0889. The van der Waals surface area contributed by atoms with Gasteiger partial charge in [-0.1, -0.05) is 32.9 Å². The fraction of sp³-hybridized carbons (Fsp3) is 0.161. The number of phenols is 2. The molecular formula is C31H26N2O4. The van der Waals surface area contributed by atoms with Crippen molar-refractivity contribution in [3.05, 3.63) is 96.1 Å². The molecule has 184 valence electrons. The van der Waals surface area contributed by atoms with Gasteiger partial charge in [0.1, 0.15) is 22.5 Å². The lowest BCUT2D eigenvalue weighted by molar-refractivity contribution is 0.359. The van der Waals surface area contributed by atoms with Crippen molar-refractivity contribution in [3.8, 4) is 34.4 Å². The van der Waals surface area contributed by atoms with E-state index in [1.807, 2.05) is 12.1 Å². The van der Waals surface area contributed by atoms with Crippen LogP contribution in [0, 0.1) is 5.41 Å². The van der Waals surface area contributed by atoms with Crippen LogP contribution in [-0.2, 0) is 0 Å². The highest BCUT2D eigenvalue weighted by molar-refractivity contribution is 5.79. The second kappa shape index (κ2) is 8.52. The summed E-state index contributed by atoms with van der Waals surface area (Å²) in [6, 6.07) is 26.0. The molecule has 0 saturated heterocycles. The zero-order valence-electron chi connectivity index (χ0n) is 20.8. The minimum absolute atomic E-state index is 0.0731. The first-order valence-electron chi connectivity index (χ1n) is 12.1. The molecule has 0 radical (unpaired) electrons. The maximum absolute atomic E-state index is 9.59. The number of fused-ring (bicyclic) bond motifs is 2. The Morgan fingerprint density at radius 2 is 1.00 bits per heavy atom. The Hall–Kier alpha value is -4.58. The summed E-state index contributed by atoms with van der Waals surface area (Å²) >= 11 is 0. The first-order valence-corrected chi connectivity index (χ1v) is 12.1. The summed E-state index contributed by atoms with van der Waals surface area (Å²) < 4.78 is 12.0. The van der Waals surface area contributed by atoms with Gasteiger partial charge in [0.05, 0.1) is 0 Å². The van der Waals surface area contributed by atoms with E-state index in [2.05, 4.69) is 45.0 Å². The highest BCUT2D eigenvalue weighted by Crippen LogP contribution is 2.42. The van der Waals surface area contributed by atoms with E-state index in [0.29, 0.717) is 22.9 Å². The van der Waals surface area contributed by atoms with Crippen LogP contribution in [0.3, 0.4) is 0 Å². The van der Waals surface area contributed by atoms with E-state index in [9.17, 15) is 10.2 Å². The molecule has 0 aliphatic carbocycles.